The predicted molar refractivity (Wildman–Crippen MR) is 40.1 cm³/mol. The second-order valence-corrected chi connectivity index (χ2v) is 5.73. The Labute approximate surface area is 85.2 Å². The van der Waals surface area contributed by atoms with Gasteiger partial charge in [-0.2, -0.15) is 26.3 Å². The molecule has 0 aromatic heterocycles. The van der Waals surface area contributed by atoms with E-state index in [1.54, 1.807) is 0 Å². The molecular weight excluding hydrogens is 270 g/mol. The molecule has 0 spiro atoms. The third-order valence-electron chi connectivity index (χ3n) is 1.60. The molecule has 15 heavy (non-hydrogen) atoms. The second kappa shape index (κ2) is 3.65. The highest BCUT2D eigenvalue weighted by Crippen LogP contribution is 2.48. The summed E-state index contributed by atoms with van der Waals surface area (Å²) in [4.78, 5) is 10.6. The van der Waals surface area contributed by atoms with E-state index in [-0.39, 0.29) is 0 Å². The molecule has 1 aliphatic heterocycles. The van der Waals surface area contributed by atoms with Crippen LogP contribution in [0, 0.1) is 5.92 Å². The Balaban J connectivity index is 3.12. The Morgan fingerprint density at radius 2 is 1.53 bits per heavy atom. The highest BCUT2D eigenvalue weighted by atomic mass is 33.1. The Bertz CT molecular complexity index is 278. The van der Waals surface area contributed by atoms with E-state index in [4.69, 9.17) is 0 Å². The first kappa shape index (κ1) is 12.8. The van der Waals surface area contributed by atoms with Crippen LogP contribution in [0.2, 0.25) is 0 Å². The molecule has 0 saturated carbocycles. The fraction of sp³-hybridized carbons (Fsp3) is 0.800. The molecule has 1 rings (SSSR count). The average molecular weight is 272 g/mol. The van der Waals surface area contributed by atoms with E-state index in [0.717, 1.165) is 0 Å². The molecule has 3 atom stereocenters. The van der Waals surface area contributed by atoms with Crippen LogP contribution in [0.25, 0.3) is 0 Å². The Morgan fingerprint density at radius 3 is 1.80 bits per heavy atom. The lowest BCUT2D eigenvalue weighted by molar-refractivity contribution is -0.208. The summed E-state index contributed by atoms with van der Waals surface area (Å²) in [6, 6.07) is 0. The summed E-state index contributed by atoms with van der Waals surface area (Å²) < 4.78 is 83.3. The largest absolute Gasteiger partial charge is 0.405 e. The Hall–Kier alpha value is -0.250. The molecule has 2 nitrogen and oxygen atoms in total. The van der Waals surface area contributed by atoms with Gasteiger partial charge in [-0.1, -0.05) is 0 Å². The van der Waals surface area contributed by atoms with Crippen molar-refractivity contribution in [1.29, 1.82) is 0 Å². The second-order valence-electron chi connectivity index (χ2n) is 2.64. The monoisotopic (exact) mass is 272 g/mol. The van der Waals surface area contributed by atoms with Crippen molar-refractivity contribution in [3.05, 3.63) is 0 Å². The summed E-state index contributed by atoms with van der Waals surface area (Å²) in [5.74, 6) is -3.22. The van der Waals surface area contributed by atoms with Gasteiger partial charge in [0.2, 0.25) is 5.12 Å². The molecule has 1 saturated heterocycles. The van der Waals surface area contributed by atoms with Gasteiger partial charge >= 0.3 is 12.4 Å². The van der Waals surface area contributed by atoms with Crippen molar-refractivity contribution in [2.75, 3.05) is 0 Å². The van der Waals surface area contributed by atoms with Crippen molar-refractivity contribution < 1.29 is 35.3 Å². The number of hydrogen-bond donors (Lipinski definition) is 0. The van der Waals surface area contributed by atoms with Gasteiger partial charge in [0, 0.05) is 10.8 Å². The van der Waals surface area contributed by atoms with Gasteiger partial charge in [-0.3, -0.25) is 4.79 Å². The molecule has 3 unspecified atom stereocenters. The highest BCUT2D eigenvalue weighted by molar-refractivity contribution is 8.76. The quantitative estimate of drug-likeness (QED) is 0.500. The molecule has 0 aromatic rings. The van der Waals surface area contributed by atoms with Crippen LogP contribution >= 0.6 is 10.8 Å². The first-order valence-corrected chi connectivity index (χ1v) is 5.86. The summed E-state index contributed by atoms with van der Waals surface area (Å²) in [6.45, 7) is 0. The molecule has 1 aliphatic rings. The first-order chi connectivity index (χ1) is 6.55. The topological polar surface area (TPSA) is 34.1 Å². The van der Waals surface area contributed by atoms with E-state index in [2.05, 4.69) is 0 Å². The number of rotatable bonds is 0. The van der Waals surface area contributed by atoms with Gasteiger partial charge in [0.1, 0.15) is 15.7 Å². The van der Waals surface area contributed by atoms with Crippen LogP contribution in [0.5, 0.6) is 0 Å². The molecule has 0 aromatic carbocycles. The van der Waals surface area contributed by atoms with E-state index in [1.807, 2.05) is 0 Å². The molecule has 1 heterocycles. The zero-order chi connectivity index (χ0) is 12.0. The summed E-state index contributed by atoms with van der Waals surface area (Å²) in [5, 5.41) is -4.90. The standard InChI is InChI=1S/C5H2F6O2S2/c6-4(7,8)1-2(5(9,10)11)15(13)14-3(1)12/h1-2H. The fourth-order valence-corrected chi connectivity index (χ4v) is 4.23. The number of carbonyl (C=O) groups is 1. The molecule has 0 radical (unpaired) electrons. The van der Waals surface area contributed by atoms with Crippen molar-refractivity contribution in [3.8, 4) is 0 Å². The Morgan fingerprint density at radius 1 is 1.07 bits per heavy atom. The average Bonchev–Trinajstić information content (AvgIpc) is 2.22. The van der Waals surface area contributed by atoms with Crippen LogP contribution < -0.4 is 0 Å². The van der Waals surface area contributed by atoms with Crippen molar-refractivity contribution in [3.63, 3.8) is 0 Å². The molecule has 10 heteroatoms. The number of hydrogen-bond acceptors (Lipinski definition) is 3. The van der Waals surface area contributed by atoms with Crippen molar-refractivity contribution in [2.24, 2.45) is 5.92 Å². The smallest absolute Gasteiger partial charge is 0.285 e. The third kappa shape index (κ3) is 2.47. The van der Waals surface area contributed by atoms with Crippen LogP contribution in [0.1, 0.15) is 0 Å². The van der Waals surface area contributed by atoms with E-state index in [9.17, 15) is 35.3 Å². The van der Waals surface area contributed by atoms with Crippen molar-refractivity contribution in [2.45, 2.75) is 17.6 Å². The van der Waals surface area contributed by atoms with Gasteiger partial charge in [0.25, 0.3) is 0 Å². The maximum atomic E-state index is 12.1. The third-order valence-corrected chi connectivity index (χ3v) is 4.75. The van der Waals surface area contributed by atoms with Crippen LogP contribution in [-0.4, -0.2) is 26.9 Å². The molecule has 0 N–H and O–H groups in total. The zero-order valence-corrected chi connectivity index (χ0v) is 8.19. The van der Waals surface area contributed by atoms with Gasteiger partial charge in [0.15, 0.2) is 5.25 Å². The number of carbonyl (C=O) groups excluding carboxylic acids is 1. The molecule has 0 amide bonds. The normalized spacial score (nSPS) is 33.5. The van der Waals surface area contributed by atoms with E-state index >= 15 is 0 Å². The molecule has 0 bridgehead atoms. The number of alkyl halides is 6. The summed E-state index contributed by atoms with van der Waals surface area (Å²) in [6.07, 6.45) is -10.6. The van der Waals surface area contributed by atoms with Crippen LogP contribution in [0.3, 0.4) is 0 Å². The van der Waals surface area contributed by atoms with Crippen molar-refractivity contribution >= 4 is 25.7 Å². The summed E-state index contributed by atoms with van der Waals surface area (Å²) in [7, 11) is -3.33. The van der Waals surface area contributed by atoms with Crippen LogP contribution in [0.15, 0.2) is 0 Å². The van der Waals surface area contributed by atoms with Crippen molar-refractivity contribution in [1.82, 2.24) is 0 Å². The minimum Gasteiger partial charge on any atom is -0.285 e. The molecular formula is C5H2F6O2S2. The lowest BCUT2D eigenvalue weighted by atomic mass is 10.1. The fourth-order valence-electron chi connectivity index (χ4n) is 1.02. The molecule has 1 fully saturated rings. The predicted octanol–water partition coefficient (Wildman–Crippen LogP) is 2.03. The van der Waals surface area contributed by atoms with Gasteiger partial charge in [-0.15, -0.1) is 0 Å². The molecule has 0 aliphatic carbocycles. The maximum Gasteiger partial charge on any atom is 0.405 e. The van der Waals surface area contributed by atoms with Gasteiger partial charge in [0.05, 0.1) is 0 Å². The minimum absolute atomic E-state index is 0.416. The van der Waals surface area contributed by atoms with E-state index in [0.29, 0.717) is 0 Å². The lowest BCUT2D eigenvalue weighted by Gasteiger charge is -2.20. The molecule has 88 valence electrons. The maximum absolute atomic E-state index is 12.1. The van der Waals surface area contributed by atoms with E-state index < -0.39 is 49.3 Å². The number of halogens is 6. The first-order valence-electron chi connectivity index (χ1n) is 3.31. The van der Waals surface area contributed by atoms with Crippen LogP contribution in [0.4, 0.5) is 26.3 Å². The minimum atomic E-state index is -5.32. The summed E-state index contributed by atoms with van der Waals surface area (Å²) >= 11 is 0. The van der Waals surface area contributed by atoms with Gasteiger partial charge in [-0.25, -0.2) is 4.21 Å². The highest BCUT2D eigenvalue weighted by Gasteiger charge is 2.65. The SMILES string of the molecule is O=C1SS(=O)C(C(F)(F)F)C1C(F)(F)F. The lowest BCUT2D eigenvalue weighted by Crippen LogP contribution is -2.44. The Kier molecular flexibility index (Phi) is 3.12. The summed E-state index contributed by atoms with van der Waals surface area (Å²) in [5.41, 5.74) is 0. The van der Waals surface area contributed by atoms with Gasteiger partial charge < -0.3 is 0 Å². The van der Waals surface area contributed by atoms with Crippen LogP contribution in [-0.2, 0) is 14.6 Å². The van der Waals surface area contributed by atoms with Gasteiger partial charge in [-0.05, 0) is 0 Å². The van der Waals surface area contributed by atoms with E-state index in [1.165, 1.54) is 0 Å². The zero-order valence-electron chi connectivity index (χ0n) is 6.56.